The van der Waals surface area contributed by atoms with E-state index in [9.17, 15) is 13.2 Å². The van der Waals surface area contributed by atoms with Crippen LogP contribution in [0.3, 0.4) is 0 Å². The van der Waals surface area contributed by atoms with Crippen molar-refractivity contribution >= 4 is 16.0 Å². The van der Waals surface area contributed by atoms with Gasteiger partial charge in [0.2, 0.25) is 10.0 Å². The molecule has 1 N–H and O–H groups in total. The van der Waals surface area contributed by atoms with Crippen molar-refractivity contribution in [1.29, 1.82) is 0 Å². The Hall–Kier alpha value is -0.620. The molecular weight excluding hydrogens is 278 g/mol. The predicted octanol–water partition coefficient (Wildman–Crippen LogP) is 1.93. The summed E-state index contributed by atoms with van der Waals surface area (Å²) in [6, 6.07) is 0. The summed E-state index contributed by atoms with van der Waals surface area (Å²) in [6.07, 6.45) is 1.86. The normalized spacial score (nSPS) is 24.1. The Morgan fingerprint density at radius 3 is 2.45 bits per heavy atom. The van der Waals surface area contributed by atoms with Gasteiger partial charge in [0.1, 0.15) is 0 Å². The highest BCUT2D eigenvalue weighted by Crippen LogP contribution is 2.32. The van der Waals surface area contributed by atoms with Crippen LogP contribution in [0.1, 0.15) is 47.0 Å². The van der Waals surface area contributed by atoms with Gasteiger partial charge in [0, 0.05) is 6.54 Å². The molecule has 0 amide bonds. The highest BCUT2D eigenvalue weighted by Gasteiger charge is 2.42. The number of hydrogen-bond donors (Lipinski definition) is 1. The molecule has 0 aromatic heterocycles. The lowest BCUT2D eigenvalue weighted by Crippen LogP contribution is -2.44. The zero-order chi connectivity index (χ0) is 15.6. The van der Waals surface area contributed by atoms with Gasteiger partial charge in [0.25, 0.3) is 0 Å². The Kier molecular flexibility index (Phi) is 5.61. The summed E-state index contributed by atoms with van der Waals surface area (Å²) < 4.78 is 32.2. The van der Waals surface area contributed by atoms with Gasteiger partial charge in [0.05, 0.1) is 18.3 Å². The molecule has 0 aliphatic heterocycles. The van der Waals surface area contributed by atoms with Crippen LogP contribution in [-0.4, -0.2) is 33.3 Å². The van der Waals surface area contributed by atoms with Gasteiger partial charge >= 0.3 is 5.97 Å². The van der Waals surface area contributed by atoms with Crippen molar-refractivity contribution in [2.75, 3.05) is 13.7 Å². The number of esters is 1. The minimum absolute atomic E-state index is 0.119. The van der Waals surface area contributed by atoms with E-state index in [1.807, 2.05) is 13.8 Å². The van der Waals surface area contributed by atoms with E-state index in [0.717, 1.165) is 6.42 Å². The molecule has 1 saturated carbocycles. The van der Waals surface area contributed by atoms with Gasteiger partial charge in [-0.05, 0) is 24.2 Å². The summed E-state index contributed by atoms with van der Waals surface area (Å²) in [4.78, 5) is 11.7. The third kappa shape index (κ3) is 3.95. The average molecular weight is 305 g/mol. The lowest BCUT2D eigenvalue weighted by Gasteiger charge is -2.30. The average Bonchev–Trinajstić information content (AvgIpc) is 2.85. The van der Waals surface area contributed by atoms with Crippen molar-refractivity contribution in [2.24, 2.45) is 17.3 Å². The number of methoxy groups -OCH3 is 1. The molecule has 20 heavy (non-hydrogen) atoms. The Bertz CT molecular complexity index is 442. The van der Waals surface area contributed by atoms with Crippen LogP contribution in [0.25, 0.3) is 0 Å². The van der Waals surface area contributed by atoms with Gasteiger partial charge in [-0.15, -0.1) is 0 Å². The molecule has 1 fully saturated rings. The summed E-state index contributed by atoms with van der Waals surface area (Å²) in [7, 11) is -2.18. The molecule has 0 radical (unpaired) electrons. The third-order valence-corrected chi connectivity index (χ3v) is 6.56. The molecule has 0 saturated heterocycles. The second-order valence-electron chi connectivity index (χ2n) is 6.61. The van der Waals surface area contributed by atoms with Gasteiger partial charge in [-0.3, -0.25) is 4.79 Å². The maximum absolute atomic E-state index is 12.4. The van der Waals surface area contributed by atoms with E-state index in [1.165, 1.54) is 7.11 Å². The van der Waals surface area contributed by atoms with E-state index in [-0.39, 0.29) is 5.41 Å². The Morgan fingerprint density at radius 1 is 1.35 bits per heavy atom. The summed E-state index contributed by atoms with van der Waals surface area (Å²) >= 11 is 0. The van der Waals surface area contributed by atoms with Crippen LogP contribution in [0.2, 0.25) is 0 Å². The van der Waals surface area contributed by atoms with E-state index in [4.69, 9.17) is 4.74 Å². The lowest BCUT2D eigenvalue weighted by molar-refractivity contribution is -0.145. The fourth-order valence-corrected chi connectivity index (χ4v) is 4.26. The van der Waals surface area contributed by atoms with Gasteiger partial charge in [-0.1, -0.05) is 34.1 Å². The molecule has 1 aliphatic carbocycles. The molecule has 1 aliphatic rings. The number of ether oxygens (including phenoxy) is 1. The fourth-order valence-electron chi connectivity index (χ4n) is 2.32. The first-order valence-electron chi connectivity index (χ1n) is 7.18. The van der Waals surface area contributed by atoms with Crippen molar-refractivity contribution in [3.8, 4) is 0 Å². The Morgan fingerprint density at radius 2 is 1.95 bits per heavy atom. The first-order chi connectivity index (χ1) is 9.12. The number of nitrogens with one attached hydrogen (secondary N) is 1. The minimum atomic E-state index is -3.48. The van der Waals surface area contributed by atoms with Crippen molar-refractivity contribution in [3.63, 3.8) is 0 Å². The quantitative estimate of drug-likeness (QED) is 0.761. The van der Waals surface area contributed by atoms with Crippen LogP contribution in [0, 0.1) is 17.3 Å². The van der Waals surface area contributed by atoms with Crippen molar-refractivity contribution in [3.05, 3.63) is 0 Å². The molecular formula is C14H27NO4S. The Labute approximate surface area is 122 Å². The maximum Gasteiger partial charge on any atom is 0.310 e. The van der Waals surface area contributed by atoms with Crippen LogP contribution >= 0.6 is 0 Å². The molecule has 0 aromatic carbocycles. The third-order valence-electron chi connectivity index (χ3n) is 4.65. The van der Waals surface area contributed by atoms with E-state index in [2.05, 4.69) is 18.6 Å². The predicted molar refractivity (Wildman–Crippen MR) is 78.7 cm³/mol. The highest BCUT2D eigenvalue weighted by molar-refractivity contribution is 7.90. The van der Waals surface area contributed by atoms with Crippen LogP contribution in [0.15, 0.2) is 0 Å². The number of sulfonamides is 1. The van der Waals surface area contributed by atoms with E-state index < -0.39 is 27.2 Å². The molecule has 0 bridgehead atoms. The summed E-state index contributed by atoms with van der Waals surface area (Å²) in [6.45, 7) is 8.60. The van der Waals surface area contributed by atoms with E-state index in [1.54, 1.807) is 0 Å². The fraction of sp³-hybridized carbons (Fsp3) is 0.929. The monoisotopic (exact) mass is 305 g/mol. The van der Waals surface area contributed by atoms with Crippen molar-refractivity contribution in [1.82, 2.24) is 4.72 Å². The second kappa shape index (κ2) is 6.43. The first kappa shape index (κ1) is 17.4. The van der Waals surface area contributed by atoms with Crippen molar-refractivity contribution in [2.45, 2.75) is 52.2 Å². The largest absolute Gasteiger partial charge is 0.469 e. The van der Waals surface area contributed by atoms with Gasteiger partial charge < -0.3 is 4.74 Å². The van der Waals surface area contributed by atoms with Crippen LogP contribution in [0.4, 0.5) is 0 Å². The second-order valence-corrected chi connectivity index (χ2v) is 8.59. The SMILES string of the molecule is COC(=O)C1CCCC1S(=O)(=O)NCC(C)(C)C(C)C. The molecule has 1 rings (SSSR count). The molecule has 0 heterocycles. The van der Waals surface area contributed by atoms with Gasteiger partial charge in [-0.25, -0.2) is 13.1 Å². The van der Waals surface area contributed by atoms with Gasteiger partial charge in [-0.2, -0.15) is 0 Å². The van der Waals surface area contributed by atoms with E-state index >= 15 is 0 Å². The number of hydrogen-bond acceptors (Lipinski definition) is 4. The number of carbonyl (C=O) groups is 1. The van der Waals surface area contributed by atoms with E-state index in [0.29, 0.717) is 25.3 Å². The zero-order valence-electron chi connectivity index (χ0n) is 13.1. The summed E-state index contributed by atoms with van der Waals surface area (Å²) in [5.74, 6) is -0.578. The standard InChI is InChI=1S/C14H27NO4S/c1-10(2)14(3,4)9-15-20(17,18)12-8-6-7-11(12)13(16)19-5/h10-12,15H,6-9H2,1-5H3. The highest BCUT2D eigenvalue weighted by atomic mass is 32.2. The number of rotatable bonds is 6. The molecule has 6 heteroatoms. The topological polar surface area (TPSA) is 72.5 Å². The van der Waals surface area contributed by atoms with Crippen LogP contribution in [-0.2, 0) is 19.6 Å². The molecule has 0 spiro atoms. The summed E-state index contributed by atoms with van der Waals surface area (Å²) in [5, 5.41) is -0.655. The van der Waals surface area contributed by atoms with Gasteiger partial charge in [0.15, 0.2) is 0 Å². The first-order valence-corrected chi connectivity index (χ1v) is 8.72. The smallest absolute Gasteiger partial charge is 0.310 e. The van der Waals surface area contributed by atoms with Crippen LogP contribution in [0.5, 0.6) is 0 Å². The molecule has 2 unspecified atom stereocenters. The molecule has 2 atom stereocenters. The number of carbonyl (C=O) groups excluding carboxylic acids is 1. The minimum Gasteiger partial charge on any atom is -0.469 e. The zero-order valence-corrected chi connectivity index (χ0v) is 13.9. The lowest BCUT2D eigenvalue weighted by atomic mass is 9.81. The molecule has 5 nitrogen and oxygen atoms in total. The van der Waals surface area contributed by atoms with Crippen LogP contribution < -0.4 is 4.72 Å². The van der Waals surface area contributed by atoms with Crippen molar-refractivity contribution < 1.29 is 17.9 Å². The Balaban J connectivity index is 2.76. The maximum atomic E-state index is 12.4. The molecule has 0 aromatic rings. The molecule has 118 valence electrons. The summed E-state index contributed by atoms with van der Waals surface area (Å²) in [5.41, 5.74) is -0.119.